The molecule has 1 saturated carbocycles. The highest BCUT2D eigenvalue weighted by Gasteiger charge is 2.38. The van der Waals surface area contributed by atoms with Gasteiger partial charge in [0.05, 0.1) is 83.8 Å². The number of aliphatic hydroxyl groups excluding tert-OH is 1. The number of benzene rings is 2. The number of phenols is 1. The third kappa shape index (κ3) is 27.1. The molecular weight excluding hydrogens is 1030 g/mol. The van der Waals surface area contributed by atoms with Crippen molar-refractivity contribution < 1.29 is 58.1 Å². The smallest absolute Gasteiger partial charge is 0.338 e. The fourth-order valence-corrected chi connectivity index (χ4v) is 6.86. The van der Waals surface area contributed by atoms with Gasteiger partial charge in [0.25, 0.3) is 0 Å². The Labute approximate surface area is 415 Å². The molecule has 3 N–H and O–H groups in total. The first-order valence-corrected chi connectivity index (χ1v) is 26.9. The standard InChI is InChI=1S/C17H24O5.C10H19BrO2.C9H10O3.C6H12O2.C4H8Br2.C4H8/c1-2-17(12-21-13-17)11-20-9-3-4-10-22-15-7-5-14(6-8-15)16(18)19;1-2-10(8-13-9-10)7-12-6-4-3-5-11;1-2-12-9(11)7-3-5-8(10)6-4-7;1-2-6(3-7)4-8-5-6;5-3-1-2-4-6;1-2-4-3-1/h5-8H,2-4,9-13H2,1H3,(H,18,19);2-9H2,1H3;3-6,10H,2H2,1H3;7H,2-5H2,1H3;1-4H2;1-4H2. The summed E-state index contributed by atoms with van der Waals surface area (Å²) in [5, 5.41) is 29.8. The van der Waals surface area contributed by atoms with Gasteiger partial charge < -0.3 is 48.5 Å². The van der Waals surface area contributed by atoms with Crippen molar-refractivity contribution in [3.05, 3.63) is 59.7 Å². The number of ether oxygens (including phenoxy) is 7. The van der Waals surface area contributed by atoms with Gasteiger partial charge in [0, 0.05) is 45.4 Å². The summed E-state index contributed by atoms with van der Waals surface area (Å²) in [4.78, 5) is 21.8. The summed E-state index contributed by atoms with van der Waals surface area (Å²) in [5.41, 5.74) is 1.47. The molecule has 2 aromatic rings. The number of aromatic hydroxyl groups is 1. The van der Waals surface area contributed by atoms with Crippen molar-refractivity contribution in [2.24, 2.45) is 16.2 Å². The first-order valence-electron chi connectivity index (χ1n) is 23.6. The molecule has 0 spiro atoms. The average molecular weight is 1110 g/mol. The van der Waals surface area contributed by atoms with Crippen LogP contribution in [0.2, 0.25) is 0 Å². The molecule has 0 bridgehead atoms. The number of phenolic OH excluding ortho intramolecular Hbond substituents is 1. The fraction of sp³-hybridized carbons (Fsp3) is 0.720. The van der Waals surface area contributed by atoms with Crippen molar-refractivity contribution in [3.8, 4) is 11.5 Å². The van der Waals surface area contributed by atoms with Crippen molar-refractivity contribution in [2.45, 2.75) is 111 Å². The topological polar surface area (TPSA) is 159 Å². The highest BCUT2D eigenvalue weighted by molar-refractivity contribution is 9.09. The normalized spacial score (nSPS) is 16.5. The molecule has 1 aliphatic carbocycles. The molecule has 12 nitrogen and oxygen atoms in total. The van der Waals surface area contributed by atoms with Crippen LogP contribution in [0.1, 0.15) is 132 Å². The van der Waals surface area contributed by atoms with Gasteiger partial charge in [-0.15, -0.1) is 0 Å². The van der Waals surface area contributed by atoms with Crippen molar-refractivity contribution in [2.75, 3.05) is 102 Å². The maximum Gasteiger partial charge on any atom is 0.338 e. The number of hydrogen-bond donors (Lipinski definition) is 3. The van der Waals surface area contributed by atoms with Crippen LogP contribution in [0.4, 0.5) is 0 Å². The summed E-state index contributed by atoms with van der Waals surface area (Å²) in [6.07, 6.45) is 16.1. The van der Waals surface area contributed by atoms with E-state index >= 15 is 0 Å². The van der Waals surface area contributed by atoms with Crippen molar-refractivity contribution in [3.63, 3.8) is 0 Å². The number of alkyl halides is 3. The summed E-state index contributed by atoms with van der Waals surface area (Å²) in [7, 11) is 0. The second kappa shape index (κ2) is 38.1. The molecule has 0 atom stereocenters. The molecule has 3 aliphatic heterocycles. The quantitative estimate of drug-likeness (QED) is 0.0520. The van der Waals surface area contributed by atoms with Crippen LogP contribution < -0.4 is 4.74 Å². The van der Waals surface area contributed by atoms with Gasteiger partial charge in [-0.25, -0.2) is 9.59 Å². The number of aromatic carboxylic acids is 1. The highest BCUT2D eigenvalue weighted by atomic mass is 79.9. The lowest BCUT2D eigenvalue weighted by molar-refractivity contribution is -0.150. The zero-order chi connectivity index (χ0) is 48.1. The predicted octanol–water partition coefficient (Wildman–Crippen LogP) is 11.7. The van der Waals surface area contributed by atoms with Crippen LogP contribution in [-0.2, 0) is 28.4 Å². The Morgan fingerprint density at radius 2 is 0.985 bits per heavy atom. The van der Waals surface area contributed by atoms with Gasteiger partial charge in [0.2, 0.25) is 0 Å². The summed E-state index contributed by atoms with van der Waals surface area (Å²) < 4.78 is 37.1. The maximum atomic E-state index is 11.1. The second-order valence-electron chi connectivity index (χ2n) is 16.9. The third-order valence-electron chi connectivity index (χ3n) is 11.5. The number of carboxylic acids is 1. The lowest BCUT2D eigenvalue weighted by Crippen LogP contribution is -2.45. The minimum absolute atomic E-state index is 0.139. The van der Waals surface area contributed by atoms with Gasteiger partial charge in [-0.3, -0.25) is 0 Å². The number of carboxylic acid groups (broad SMARTS) is 1. The van der Waals surface area contributed by atoms with Crippen LogP contribution in [0.15, 0.2) is 48.5 Å². The van der Waals surface area contributed by atoms with E-state index in [2.05, 4.69) is 68.6 Å². The molecule has 15 heteroatoms. The molecule has 0 aromatic heterocycles. The average Bonchev–Trinajstić information content (AvgIpc) is 3.25. The van der Waals surface area contributed by atoms with Gasteiger partial charge in [-0.1, -0.05) is 94.2 Å². The van der Waals surface area contributed by atoms with Crippen LogP contribution in [0.25, 0.3) is 0 Å². The van der Waals surface area contributed by atoms with Gasteiger partial charge in [0.1, 0.15) is 11.5 Å². The van der Waals surface area contributed by atoms with Crippen LogP contribution in [0.3, 0.4) is 0 Å². The number of halogens is 3. The van der Waals surface area contributed by atoms with Crippen molar-refractivity contribution >= 4 is 59.7 Å². The molecule has 374 valence electrons. The van der Waals surface area contributed by atoms with Crippen molar-refractivity contribution in [1.82, 2.24) is 0 Å². The van der Waals surface area contributed by atoms with Crippen LogP contribution in [0.5, 0.6) is 11.5 Å². The van der Waals surface area contributed by atoms with Crippen LogP contribution in [0, 0.1) is 16.2 Å². The highest BCUT2D eigenvalue weighted by Crippen LogP contribution is 2.32. The molecule has 0 radical (unpaired) electrons. The molecule has 0 amide bonds. The predicted molar refractivity (Wildman–Crippen MR) is 270 cm³/mol. The Morgan fingerprint density at radius 3 is 1.31 bits per heavy atom. The molecule has 4 aliphatic rings. The molecule has 6 rings (SSSR count). The Hall–Kier alpha value is -1.82. The van der Waals surface area contributed by atoms with Gasteiger partial charge in [-0.2, -0.15) is 0 Å². The zero-order valence-electron chi connectivity index (χ0n) is 39.8. The van der Waals surface area contributed by atoms with Gasteiger partial charge in [-0.05, 0) is 113 Å². The number of unbranched alkanes of at least 4 members (excludes halogenated alkanes) is 3. The number of carbonyl (C=O) groups is 2. The fourth-order valence-electron chi connectivity index (χ4n) is 5.68. The summed E-state index contributed by atoms with van der Waals surface area (Å²) in [6, 6.07) is 12.4. The second-order valence-corrected chi connectivity index (χ2v) is 19.2. The maximum absolute atomic E-state index is 11.1. The zero-order valence-corrected chi connectivity index (χ0v) is 44.5. The summed E-state index contributed by atoms with van der Waals surface area (Å²) in [6.45, 7) is 17.7. The molecule has 65 heavy (non-hydrogen) atoms. The number of aliphatic hydroxyl groups is 1. The van der Waals surface area contributed by atoms with Crippen molar-refractivity contribution in [1.29, 1.82) is 0 Å². The summed E-state index contributed by atoms with van der Waals surface area (Å²) in [5.74, 6) is -0.451. The van der Waals surface area contributed by atoms with E-state index in [0.29, 0.717) is 29.9 Å². The number of carbonyl (C=O) groups excluding carboxylic acids is 1. The van der Waals surface area contributed by atoms with E-state index in [-0.39, 0.29) is 34.7 Å². The lowest BCUT2D eigenvalue weighted by atomic mass is 9.84. The van der Waals surface area contributed by atoms with E-state index in [1.807, 2.05) is 0 Å². The first kappa shape index (κ1) is 61.2. The Morgan fingerprint density at radius 1 is 0.585 bits per heavy atom. The molecule has 4 fully saturated rings. The van der Waals surface area contributed by atoms with E-state index in [0.717, 1.165) is 114 Å². The Kier molecular flexibility index (Phi) is 35.8. The molecule has 3 heterocycles. The third-order valence-corrected chi connectivity index (χ3v) is 13.2. The van der Waals surface area contributed by atoms with Crippen LogP contribution >= 0.6 is 47.8 Å². The first-order chi connectivity index (χ1) is 31.5. The molecule has 2 aromatic carbocycles. The summed E-state index contributed by atoms with van der Waals surface area (Å²) >= 11 is 10.1. The van der Waals surface area contributed by atoms with E-state index in [1.54, 1.807) is 31.2 Å². The number of esters is 1. The van der Waals surface area contributed by atoms with E-state index in [1.165, 1.54) is 75.6 Å². The number of rotatable bonds is 24. The largest absolute Gasteiger partial charge is 0.508 e. The lowest BCUT2D eigenvalue weighted by Gasteiger charge is -2.40. The van der Waals surface area contributed by atoms with E-state index in [9.17, 15) is 9.59 Å². The minimum atomic E-state index is -0.926. The van der Waals surface area contributed by atoms with Gasteiger partial charge >= 0.3 is 11.9 Å². The van der Waals surface area contributed by atoms with Gasteiger partial charge in [0.15, 0.2) is 0 Å². The SMILES string of the molecule is BrCCCCBr.C1CCC1.CCC1(CO)COC1.CCC1(COCCCCBr)COC1.CCC1(COCCCCOc2ccc(C(=O)O)cc2)COC1.CCOC(=O)c1ccc(O)cc1. The minimum Gasteiger partial charge on any atom is -0.508 e. The molecule has 3 saturated heterocycles. The van der Waals surface area contributed by atoms with E-state index < -0.39 is 5.97 Å². The molecular formula is C50H81Br3O12. The Balaban J connectivity index is 0.000000423. The Bertz CT molecular complexity index is 1420. The number of hydrogen-bond acceptors (Lipinski definition) is 11. The van der Waals surface area contributed by atoms with E-state index in [4.69, 9.17) is 48.5 Å². The molecule has 0 unspecified atom stereocenters. The monoisotopic (exact) mass is 1110 g/mol. The van der Waals surface area contributed by atoms with Crippen LogP contribution in [-0.4, -0.2) is 129 Å².